The van der Waals surface area contributed by atoms with Gasteiger partial charge in [0.1, 0.15) is 0 Å². The maximum absolute atomic E-state index is 12.2. The van der Waals surface area contributed by atoms with Crippen molar-refractivity contribution in [2.24, 2.45) is 0 Å². The average molecular weight is 262 g/mol. The zero-order chi connectivity index (χ0) is 13.5. The van der Waals surface area contributed by atoms with Crippen molar-refractivity contribution >= 4 is 11.6 Å². The second kappa shape index (κ2) is 7.14. The molecule has 19 heavy (non-hydrogen) atoms. The molecular formula is C15H22N2O2. The lowest BCUT2D eigenvalue weighted by molar-refractivity contribution is -0.122. The molecule has 1 aliphatic rings. The summed E-state index contributed by atoms with van der Waals surface area (Å²) in [5.74, 6) is 0.131. The van der Waals surface area contributed by atoms with E-state index >= 15 is 0 Å². The number of unbranched alkanes of at least 4 members (excludes halogenated alkanes) is 1. The monoisotopic (exact) mass is 262 g/mol. The number of fused-ring (bicyclic) bond motifs is 1. The maximum atomic E-state index is 12.2. The van der Waals surface area contributed by atoms with E-state index in [1.54, 1.807) is 7.11 Å². The molecule has 1 amide bonds. The summed E-state index contributed by atoms with van der Waals surface area (Å²) < 4.78 is 4.99. The van der Waals surface area contributed by atoms with Gasteiger partial charge in [-0.2, -0.15) is 0 Å². The zero-order valence-corrected chi connectivity index (χ0v) is 11.4. The Bertz CT molecular complexity index is 420. The van der Waals surface area contributed by atoms with E-state index in [2.05, 4.69) is 10.6 Å². The van der Waals surface area contributed by atoms with Gasteiger partial charge in [0.25, 0.3) is 0 Å². The molecule has 0 fully saturated rings. The van der Waals surface area contributed by atoms with Crippen LogP contribution < -0.4 is 10.6 Å². The number of hydrogen-bond acceptors (Lipinski definition) is 3. The van der Waals surface area contributed by atoms with E-state index in [0.717, 1.165) is 50.2 Å². The van der Waals surface area contributed by atoms with Gasteiger partial charge < -0.3 is 15.4 Å². The van der Waals surface area contributed by atoms with Crippen LogP contribution >= 0.6 is 0 Å². The number of rotatable bonds is 6. The van der Waals surface area contributed by atoms with Crippen molar-refractivity contribution in [1.82, 2.24) is 5.32 Å². The summed E-state index contributed by atoms with van der Waals surface area (Å²) in [4.78, 5) is 12.2. The molecule has 1 atom stereocenters. The topological polar surface area (TPSA) is 50.4 Å². The van der Waals surface area contributed by atoms with Gasteiger partial charge in [-0.25, -0.2) is 0 Å². The fraction of sp³-hybridized carbons (Fsp3) is 0.533. The summed E-state index contributed by atoms with van der Waals surface area (Å²) in [6.45, 7) is 2.35. The molecule has 1 aromatic rings. The summed E-state index contributed by atoms with van der Waals surface area (Å²) in [7, 11) is 1.70. The fourth-order valence-electron chi connectivity index (χ4n) is 2.45. The summed E-state index contributed by atoms with van der Waals surface area (Å²) in [5.41, 5.74) is 2.21. The molecule has 0 spiro atoms. The van der Waals surface area contributed by atoms with E-state index in [1.165, 1.54) is 0 Å². The van der Waals surface area contributed by atoms with E-state index in [9.17, 15) is 4.79 Å². The minimum absolute atomic E-state index is 0.0140. The Hall–Kier alpha value is -1.55. The van der Waals surface area contributed by atoms with Crippen molar-refractivity contribution in [2.75, 3.05) is 32.1 Å². The number of carbonyl (C=O) groups is 1. The van der Waals surface area contributed by atoms with E-state index < -0.39 is 0 Å². The number of methoxy groups -OCH3 is 1. The molecule has 4 nitrogen and oxygen atoms in total. The van der Waals surface area contributed by atoms with Crippen LogP contribution in [0.1, 0.15) is 30.7 Å². The third-order valence-electron chi connectivity index (χ3n) is 3.48. The van der Waals surface area contributed by atoms with Gasteiger partial charge in [-0.1, -0.05) is 18.2 Å². The van der Waals surface area contributed by atoms with Crippen molar-refractivity contribution in [1.29, 1.82) is 0 Å². The van der Waals surface area contributed by atoms with E-state index in [0.29, 0.717) is 0 Å². The van der Waals surface area contributed by atoms with Crippen LogP contribution in [-0.4, -0.2) is 32.7 Å². The number of anilines is 1. The molecule has 1 aliphatic heterocycles. The van der Waals surface area contributed by atoms with Crippen LogP contribution in [0.4, 0.5) is 5.69 Å². The number of hydrogen-bond donors (Lipinski definition) is 2. The molecule has 0 saturated heterocycles. The van der Waals surface area contributed by atoms with Crippen molar-refractivity contribution in [3.05, 3.63) is 29.8 Å². The predicted octanol–water partition coefficient (Wildman–Crippen LogP) is 2.13. The Kier molecular flexibility index (Phi) is 5.21. The zero-order valence-electron chi connectivity index (χ0n) is 11.4. The highest BCUT2D eigenvalue weighted by Crippen LogP contribution is 2.31. The molecule has 0 bridgehead atoms. The molecular weight excluding hydrogens is 240 g/mol. The molecule has 0 aromatic heterocycles. The Morgan fingerprint density at radius 3 is 3.11 bits per heavy atom. The van der Waals surface area contributed by atoms with Crippen molar-refractivity contribution < 1.29 is 9.53 Å². The SMILES string of the molecule is COCCCCNC(=O)C1CCNc2ccccc21. The smallest absolute Gasteiger partial charge is 0.227 e. The second-order valence-electron chi connectivity index (χ2n) is 4.85. The lowest BCUT2D eigenvalue weighted by atomic mass is 9.90. The number of amides is 1. The van der Waals surface area contributed by atoms with Gasteiger partial charge in [-0.15, -0.1) is 0 Å². The van der Waals surface area contributed by atoms with E-state index in [-0.39, 0.29) is 11.8 Å². The second-order valence-corrected chi connectivity index (χ2v) is 4.85. The summed E-state index contributed by atoms with van der Waals surface area (Å²) >= 11 is 0. The summed E-state index contributed by atoms with van der Waals surface area (Å²) in [6, 6.07) is 8.06. The first-order valence-electron chi connectivity index (χ1n) is 6.92. The van der Waals surface area contributed by atoms with Gasteiger partial charge in [0.15, 0.2) is 0 Å². The molecule has 1 aromatic carbocycles. The van der Waals surface area contributed by atoms with Crippen molar-refractivity contribution in [2.45, 2.75) is 25.2 Å². The molecule has 4 heteroatoms. The van der Waals surface area contributed by atoms with Crippen LogP contribution in [0, 0.1) is 0 Å². The average Bonchev–Trinajstić information content (AvgIpc) is 2.46. The molecule has 2 rings (SSSR count). The first-order chi connectivity index (χ1) is 9.33. The molecule has 0 radical (unpaired) electrons. The van der Waals surface area contributed by atoms with Crippen LogP contribution in [0.5, 0.6) is 0 Å². The molecule has 0 aliphatic carbocycles. The molecule has 1 heterocycles. The fourth-order valence-corrected chi connectivity index (χ4v) is 2.45. The highest BCUT2D eigenvalue weighted by atomic mass is 16.5. The van der Waals surface area contributed by atoms with Crippen LogP contribution in [0.2, 0.25) is 0 Å². The summed E-state index contributed by atoms with van der Waals surface area (Å²) in [6.07, 6.45) is 2.81. The Balaban J connectivity index is 1.86. The first-order valence-corrected chi connectivity index (χ1v) is 6.92. The van der Waals surface area contributed by atoms with E-state index in [1.807, 2.05) is 24.3 Å². The van der Waals surface area contributed by atoms with Crippen molar-refractivity contribution in [3.8, 4) is 0 Å². The number of ether oxygens (including phenoxy) is 1. The normalized spacial score (nSPS) is 17.4. The van der Waals surface area contributed by atoms with Gasteiger partial charge in [0.05, 0.1) is 5.92 Å². The highest BCUT2D eigenvalue weighted by Gasteiger charge is 2.25. The quantitative estimate of drug-likeness (QED) is 0.772. The third kappa shape index (κ3) is 3.70. The number of para-hydroxylation sites is 1. The first kappa shape index (κ1) is 13.9. The van der Waals surface area contributed by atoms with Crippen LogP contribution in [0.3, 0.4) is 0 Å². The van der Waals surface area contributed by atoms with Gasteiger partial charge >= 0.3 is 0 Å². The lowest BCUT2D eigenvalue weighted by Gasteiger charge is -2.25. The minimum Gasteiger partial charge on any atom is -0.385 e. The van der Waals surface area contributed by atoms with Crippen molar-refractivity contribution in [3.63, 3.8) is 0 Å². The molecule has 2 N–H and O–H groups in total. The van der Waals surface area contributed by atoms with E-state index in [4.69, 9.17) is 4.74 Å². The van der Waals surface area contributed by atoms with Crippen LogP contribution in [0.15, 0.2) is 24.3 Å². The number of nitrogens with one attached hydrogen (secondary N) is 2. The Morgan fingerprint density at radius 2 is 2.26 bits per heavy atom. The number of carbonyl (C=O) groups excluding carboxylic acids is 1. The van der Waals surface area contributed by atoms with Crippen LogP contribution in [0.25, 0.3) is 0 Å². The van der Waals surface area contributed by atoms with Gasteiger partial charge in [-0.3, -0.25) is 4.79 Å². The molecule has 1 unspecified atom stereocenters. The highest BCUT2D eigenvalue weighted by molar-refractivity contribution is 5.86. The summed E-state index contributed by atoms with van der Waals surface area (Å²) in [5, 5.41) is 6.36. The van der Waals surface area contributed by atoms with Gasteiger partial charge in [-0.05, 0) is 30.9 Å². The molecule has 0 saturated carbocycles. The number of benzene rings is 1. The van der Waals surface area contributed by atoms with Crippen LogP contribution in [-0.2, 0) is 9.53 Å². The predicted molar refractivity (Wildman–Crippen MR) is 76.4 cm³/mol. The standard InChI is InChI=1S/C15H22N2O2/c1-19-11-5-4-9-17-15(18)13-8-10-16-14-7-3-2-6-12(13)14/h2-3,6-7,13,16H,4-5,8-11H2,1H3,(H,17,18). The molecule has 104 valence electrons. The van der Waals surface area contributed by atoms with Gasteiger partial charge in [0.2, 0.25) is 5.91 Å². The maximum Gasteiger partial charge on any atom is 0.227 e. The lowest BCUT2D eigenvalue weighted by Crippen LogP contribution is -2.33. The largest absolute Gasteiger partial charge is 0.385 e. The minimum atomic E-state index is -0.0140. The Labute approximate surface area is 114 Å². The third-order valence-corrected chi connectivity index (χ3v) is 3.48. The van der Waals surface area contributed by atoms with Gasteiger partial charge in [0, 0.05) is 32.5 Å². The Morgan fingerprint density at radius 1 is 1.42 bits per heavy atom.